The Labute approximate surface area is 250 Å². The maximum Gasteiger partial charge on any atom is 0.573 e. The molecule has 1 saturated heterocycles. The van der Waals surface area contributed by atoms with E-state index in [9.17, 15) is 18.0 Å². The molecule has 0 unspecified atom stereocenters. The van der Waals surface area contributed by atoms with Crippen LogP contribution in [0.25, 0.3) is 17.1 Å². The summed E-state index contributed by atoms with van der Waals surface area (Å²) in [6.07, 6.45) is -1.78. The van der Waals surface area contributed by atoms with Gasteiger partial charge in [0.05, 0.1) is 11.9 Å². The molecule has 0 spiro atoms. The second kappa shape index (κ2) is 12.7. The number of aliphatic imine (C=N–C) groups is 1. The number of carbonyl (C=O) groups is 1. The van der Waals surface area contributed by atoms with Crippen molar-refractivity contribution in [1.82, 2.24) is 20.2 Å². The van der Waals surface area contributed by atoms with Crippen LogP contribution in [0, 0.1) is 6.92 Å². The van der Waals surface area contributed by atoms with Crippen molar-refractivity contribution in [3.05, 3.63) is 89.7 Å². The molecule has 1 aliphatic heterocycles. The van der Waals surface area contributed by atoms with Crippen LogP contribution in [0.2, 0.25) is 0 Å². The van der Waals surface area contributed by atoms with Gasteiger partial charge in [-0.2, -0.15) is 10.1 Å². The summed E-state index contributed by atoms with van der Waals surface area (Å²) in [6.45, 7) is 7.14. The largest absolute Gasteiger partial charge is 0.573 e. The van der Waals surface area contributed by atoms with E-state index in [-0.39, 0.29) is 5.75 Å². The highest BCUT2D eigenvalue weighted by Crippen LogP contribution is 2.33. The first-order chi connectivity index (χ1) is 20.6. The minimum absolute atomic E-state index is 0.320. The Hall–Kier alpha value is -4.65. The standard InChI is InChI=1S/C30H28F3N7O2S/c1-19(2)25-16-20(3)4-13-26(25)39-14-15-43-29(39)36-28(41)37-35-17-21-5-7-22(8-6-21)27-34-18-40(38-27)23-9-11-24(12-10-23)42-30(31,32)33/h4-13,16-19H,14-15H2,1-3H3,(H,37,41)/b35-17+,36-29?. The van der Waals surface area contributed by atoms with Crippen molar-refractivity contribution in [3.8, 4) is 22.8 Å². The molecular weight excluding hydrogens is 579 g/mol. The van der Waals surface area contributed by atoms with Crippen LogP contribution in [0.3, 0.4) is 0 Å². The SMILES string of the molecule is Cc1ccc(N2CCSC2=NC(=O)N/N=C/c2ccc(-c3ncn(-c4ccc(OC(F)(F)F)cc4)n3)cc2)c(C(C)C)c1. The number of amidine groups is 1. The Morgan fingerprint density at radius 1 is 1.09 bits per heavy atom. The molecular formula is C30H28F3N7O2S. The molecule has 9 nitrogen and oxygen atoms in total. The zero-order valence-corrected chi connectivity index (χ0v) is 24.4. The van der Waals surface area contributed by atoms with E-state index in [0.717, 1.165) is 29.1 Å². The number of carbonyl (C=O) groups excluding carboxylic acids is 1. The molecule has 1 aromatic heterocycles. The Bertz CT molecular complexity index is 1650. The number of nitrogens with one attached hydrogen (secondary N) is 1. The molecule has 0 bridgehead atoms. The molecule has 1 aliphatic rings. The molecule has 0 radical (unpaired) electrons. The molecule has 3 aromatic carbocycles. The molecule has 4 aromatic rings. The fraction of sp³-hybridized carbons (Fsp3) is 0.233. The van der Waals surface area contributed by atoms with Gasteiger partial charge in [0.25, 0.3) is 0 Å². The third kappa shape index (κ3) is 7.60. The molecule has 2 heterocycles. The van der Waals surface area contributed by atoms with Crippen LogP contribution in [-0.2, 0) is 0 Å². The highest BCUT2D eigenvalue weighted by atomic mass is 32.2. The lowest BCUT2D eigenvalue weighted by Gasteiger charge is -2.23. The van der Waals surface area contributed by atoms with Crippen LogP contribution < -0.4 is 15.1 Å². The first-order valence-electron chi connectivity index (χ1n) is 13.4. The summed E-state index contributed by atoms with van der Waals surface area (Å²) in [4.78, 5) is 23.2. The van der Waals surface area contributed by atoms with Gasteiger partial charge < -0.3 is 9.64 Å². The number of thioether (sulfide) groups is 1. The van der Waals surface area contributed by atoms with Gasteiger partial charge in [0, 0.05) is 23.5 Å². The van der Waals surface area contributed by atoms with Crippen LogP contribution in [0.15, 0.2) is 83.2 Å². The molecule has 1 fully saturated rings. The lowest BCUT2D eigenvalue weighted by atomic mass is 9.98. The monoisotopic (exact) mass is 607 g/mol. The minimum Gasteiger partial charge on any atom is -0.406 e. The number of hydrazone groups is 1. The molecule has 0 saturated carbocycles. The normalized spacial score (nSPS) is 14.7. The summed E-state index contributed by atoms with van der Waals surface area (Å²) >= 11 is 1.53. The van der Waals surface area contributed by atoms with Crippen molar-refractivity contribution in [1.29, 1.82) is 0 Å². The fourth-order valence-corrected chi connectivity index (χ4v) is 5.36. The van der Waals surface area contributed by atoms with Crippen LogP contribution in [-0.4, -0.2) is 50.8 Å². The number of nitrogens with zero attached hydrogens (tertiary/aromatic N) is 6. The van der Waals surface area contributed by atoms with E-state index in [1.54, 1.807) is 24.3 Å². The molecule has 1 N–H and O–H groups in total. The van der Waals surface area contributed by atoms with Crippen molar-refractivity contribution >= 4 is 34.9 Å². The highest BCUT2D eigenvalue weighted by Gasteiger charge is 2.31. The number of rotatable bonds is 7. The Morgan fingerprint density at radius 2 is 1.84 bits per heavy atom. The second-order valence-electron chi connectivity index (χ2n) is 9.96. The fourth-order valence-electron chi connectivity index (χ4n) is 4.41. The average Bonchev–Trinajstić information content (AvgIpc) is 3.63. The van der Waals surface area contributed by atoms with Crippen molar-refractivity contribution in [2.45, 2.75) is 33.1 Å². The predicted octanol–water partition coefficient (Wildman–Crippen LogP) is 6.92. The molecule has 0 aliphatic carbocycles. The van der Waals surface area contributed by atoms with Crippen LogP contribution >= 0.6 is 11.8 Å². The number of ether oxygens (including phenoxy) is 1. The third-order valence-electron chi connectivity index (χ3n) is 6.44. The number of hydrogen-bond acceptors (Lipinski definition) is 6. The van der Waals surface area contributed by atoms with E-state index in [1.165, 1.54) is 64.4 Å². The zero-order valence-electron chi connectivity index (χ0n) is 23.5. The van der Waals surface area contributed by atoms with E-state index in [4.69, 9.17) is 0 Å². The minimum atomic E-state index is -4.75. The summed E-state index contributed by atoms with van der Waals surface area (Å²) in [5.74, 6) is 1.28. The summed E-state index contributed by atoms with van der Waals surface area (Å²) in [6, 6.07) is 18.3. The summed E-state index contributed by atoms with van der Waals surface area (Å²) in [7, 11) is 0. The van der Waals surface area contributed by atoms with Gasteiger partial charge in [-0.15, -0.1) is 18.3 Å². The first-order valence-corrected chi connectivity index (χ1v) is 14.4. The van der Waals surface area contributed by atoms with Crippen LogP contribution in [0.4, 0.5) is 23.7 Å². The number of halogens is 3. The summed E-state index contributed by atoms with van der Waals surface area (Å²) in [5, 5.41) is 9.08. The predicted molar refractivity (Wildman–Crippen MR) is 162 cm³/mol. The molecule has 5 rings (SSSR count). The van der Waals surface area contributed by atoms with E-state index in [2.05, 4.69) is 74.2 Å². The quantitative estimate of drug-likeness (QED) is 0.181. The van der Waals surface area contributed by atoms with Gasteiger partial charge in [0.2, 0.25) is 0 Å². The van der Waals surface area contributed by atoms with E-state index >= 15 is 0 Å². The van der Waals surface area contributed by atoms with Crippen LogP contribution in [0.1, 0.15) is 36.5 Å². The number of alkyl halides is 3. The van der Waals surface area contributed by atoms with E-state index in [1.807, 2.05) is 0 Å². The second-order valence-corrected chi connectivity index (χ2v) is 11.0. The van der Waals surface area contributed by atoms with Gasteiger partial charge in [-0.3, -0.25) is 0 Å². The first kappa shape index (κ1) is 29.8. The number of benzene rings is 3. The van der Waals surface area contributed by atoms with Crippen molar-refractivity contribution in [3.63, 3.8) is 0 Å². The topological polar surface area (TPSA) is 97.0 Å². The summed E-state index contributed by atoms with van der Waals surface area (Å²) < 4.78 is 42.5. The number of anilines is 1. The van der Waals surface area contributed by atoms with Crippen LogP contribution in [0.5, 0.6) is 5.75 Å². The molecule has 43 heavy (non-hydrogen) atoms. The van der Waals surface area contributed by atoms with Crippen molar-refractivity contribution in [2.75, 3.05) is 17.2 Å². The maximum absolute atomic E-state index is 12.5. The number of aryl methyl sites for hydroxylation is 1. The Kier molecular flexibility index (Phi) is 8.81. The smallest absolute Gasteiger partial charge is 0.406 e. The highest BCUT2D eigenvalue weighted by molar-refractivity contribution is 8.14. The van der Waals surface area contributed by atoms with E-state index in [0.29, 0.717) is 22.6 Å². The number of urea groups is 1. The van der Waals surface area contributed by atoms with E-state index < -0.39 is 12.4 Å². The van der Waals surface area contributed by atoms with Crippen molar-refractivity contribution < 1.29 is 22.7 Å². The van der Waals surface area contributed by atoms with Gasteiger partial charge in [0.1, 0.15) is 12.1 Å². The molecule has 0 atom stereocenters. The van der Waals surface area contributed by atoms with Gasteiger partial charge in [-0.1, -0.05) is 67.6 Å². The lowest BCUT2D eigenvalue weighted by Crippen LogP contribution is -2.27. The number of amides is 2. The maximum atomic E-state index is 12.5. The third-order valence-corrected chi connectivity index (χ3v) is 7.40. The molecule has 2 amide bonds. The lowest BCUT2D eigenvalue weighted by molar-refractivity contribution is -0.274. The van der Waals surface area contributed by atoms with Crippen molar-refractivity contribution in [2.24, 2.45) is 10.1 Å². The molecule has 13 heteroatoms. The molecule has 222 valence electrons. The summed E-state index contributed by atoms with van der Waals surface area (Å²) in [5.41, 5.74) is 7.91. The van der Waals surface area contributed by atoms with Gasteiger partial charge in [0.15, 0.2) is 11.0 Å². The number of aromatic nitrogens is 3. The zero-order chi connectivity index (χ0) is 30.6. The Morgan fingerprint density at radius 3 is 2.53 bits per heavy atom. The number of hydrogen-bond donors (Lipinski definition) is 1. The van der Waals surface area contributed by atoms with Gasteiger partial charge >= 0.3 is 12.4 Å². The average molecular weight is 608 g/mol. The van der Waals surface area contributed by atoms with Gasteiger partial charge in [-0.05, 0) is 54.3 Å². The Balaban J connectivity index is 1.19. The van der Waals surface area contributed by atoms with Gasteiger partial charge in [-0.25, -0.2) is 19.9 Å².